The Labute approximate surface area is 153 Å². The molecule has 1 aromatic carbocycles. The van der Waals surface area contributed by atoms with Crippen LogP contribution in [-0.2, 0) is 25.4 Å². The predicted molar refractivity (Wildman–Crippen MR) is 98.7 cm³/mol. The number of aryl methyl sites for hydroxylation is 1. The number of carbonyl (C=O) groups is 2. The first kappa shape index (κ1) is 18.1. The maximum Gasteiger partial charge on any atom is 0.332 e. The monoisotopic (exact) mass is 370 g/mol. The minimum atomic E-state index is -0.528. The molecule has 0 spiro atoms. The van der Waals surface area contributed by atoms with Crippen LogP contribution < -0.4 is 21.9 Å². The average Bonchev–Trinajstić information content (AvgIpc) is 3.07. The summed E-state index contributed by atoms with van der Waals surface area (Å²) >= 11 is 0. The first-order valence-electron chi connectivity index (χ1n) is 8.06. The van der Waals surface area contributed by atoms with Crippen LogP contribution in [0.2, 0.25) is 0 Å². The molecule has 140 valence electrons. The summed E-state index contributed by atoms with van der Waals surface area (Å²) in [5, 5.41) is 5.19. The lowest BCUT2D eigenvalue weighted by Crippen LogP contribution is -2.37. The van der Waals surface area contributed by atoms with Crippen LogP contribution in [0.1, 0.15) is 10.4 Å². The molecule has 10 heteroatoms. The smallest absolute Gasteiger partial charge is 0.332 e. The molecule has 0 radical (unpaired) electrons. The Kier molecular flexibility index (Phi) is 4.63. The molecular formula is C17H18N6O4. The van der Waals surface area contributed by atoms with Crippen LogP contribution in [0, 0.1) is 0 Å². The molecule has 0 aliphatic rings. The molecule has 0 bridgehead atoms. The molecule has 2 amide bonds. The number of hydrogen-bond acceptors (Lipinski definition) is 5. The number of carbonyl (C=O) groups excluding carboxylic acids is 2. The van der Waals surface area contributed by atoms with E-state index in [1.165, 1.54) is 36.6 Å². The molecule has 10 nitrogen and oxygen atoms in total. The van der Waals surface area contributed by atoms with Gasteiger partial charge in [-0.15, -0.1) is 0 Å². The minimum absolute atomic E-state index is 0.161. The van der Waals surface area contributed by atoms with Gasteiger partial charge in [0.1, 0.15) is 6.54 Å². The maximum atomic E-state index is 12.4. The molecule has 0 fully saturated rings. The topological polar surface area (TPSA) is 120 Å². The van der Waals surface area contributed by atoms with Gasteiger partial charge < -0.3 is 15.2 Å². The number of imidazole rings is 1. The largest absolute Gasteiger partial charge is 0.355 e. The van der Waals surface area contributed by atoms with E-state index in [1.807, 2.05) is 0 Å². The Bertz CT molecular complexity index is 1170. The van der Waals surface area contributed by atoms with Crippen LogP contribution in [0.4, 0.5) is 5.69 Å². The molecule has 2 N–H and O–H groups in total. The predicted octanol–water partition coefficient (Wildman–Crippen LogP) is -0.568. The van der Waals surface area contributed by atoms with Gasteiger partial charge in [-0.3, -0.25) is 23.5 Å². The fourth-order valence-electron chi connectivity index (χ4n) is 2.75. The van der Waals surface area contributed by atoms with Crippen molar-refractivity contribution in [1.82, 2.24) is 24.0 Å². The summed E-state index contributed by atoms with van der Waals surface area (Å²) in [6.07, 6.45) is 1.34. The first-order chi connectivity index (χ1) is 12.8. The summed E-state index contributed by atoms with van der Waals surface area (Å²) in [6, 6.07) is 6.48. The number of nitrogens with one attached hydrogen (secondary N) is 2. The van der Waals surface area contributed by atoms with Crippen LogP contribution in [0.3, 0.4) is 0 Å². The molecule has 0 saturated carbocycles. The Balaban J connectivity index is 1.88. The third kappa shape index (κ3) is 3.24. The third-order valence-corrected chi connectivity index (χ3v) is 4.17. The van der Waals surface area contributed by atoms with Gasteiger partial charge in [0.2, 0.25) is 5.91 Å². The quantitative estimate of drug-likeness (QED) is 0.637. The van der Waals surface area contributed by atoms with E-state index in [2.05, 4.69) is 15.6 Å². The standard InChI is InChI=1S/C17H18N6O4/c1-18-15(25)10-5-4-6-11(7-10)20-12(24)8-23-9-19-14-13(23)16(26)22(3)17(27)21(14)2/h4-7,9H,8H2,1-3H3,(H,18,25)(H,20,24). The van der Waals surface area contributed by atoms with E-state index < -0.39 is 17.2 Å². The molecule has 27 heavy (non-hydrogen) atoms. The zero-order chi connectivity index (χ0) is 19.7. The summed E-state index contributed by atoms with van der Waals surface area (Å²) in [6.45, 7) is -0.172. The Morgan fingerprint density at radius 2 is 1.89 bits per heavy atom. The fourth-order valence-corrected chi connectivity index (χ4v) is 2.75. The van der Waals surface area contributed by atoms with Crippen molar-refractivity contribution in [3.63, 3.8) is 0 Å². The summed E-state index contributed by atoms with van der Waals surface area (Å²) < 4.78 is 3.60. The third-order valence-electron chi connectivity index (χ3n) is 4.17. The second-order valence-electron chi connectivity index (χ2n) is 5.96. The minimum Gasteiger partial charge on any atom is -0.355 e. The zero-order valence-electron chi connectivity index (χ0n) is 15.0. The van der Waals surface area contributed by atoms with Gasteiger partial charge in [0.25, 0.3) is 11.5 Å². The summed E-state index contributed by atoms with van der Waals surface area (Å²) in [7, 11) is 4.39. The Morgan fingerprint density at radius 3 is 2.59 bits per heavy atom. The molecule has 2 heterocycles. The van der Waals surface area contributed by atoms with Crippen LogP contribution >= 0.6 is 0 Å². The summed E-state index contributed by atoms with van der Waals surface area (Å²) in [5.74, 6) is -0.671. The molecule has 0 atom stereocenters. The van der Waals surface area contributed by atoms with Gasteiger partial charge in [-0.1, -0.05) is 6.07 Å². The lowest BCUT2D eigenvalue weighted by atomic mass is 10.2. The van der Waals surface area contributed by atoms with Gasteiger partial charge in [-0.05, 0) is 18.2 Å². The second kappa shape index (κ2) is 6.90. The molecule has 0 aliphatic carbocycles. The van der Waals surface area contributed by atoms with Crippen molar-refractivity contribution >= 4 is 28.7 Å². The number of anilines is 1. The van der Waals surface area contributed by atoms with Gasteiger partial charge in [0, 0.05) is 32.4 Å². The van der Waals surface area contributed by atoms with Crippen molar-refractivity contribution in [2.24, 2.45) is 14.1 Å². The molecular weight excluding hydrogens is 352 g/mol. The Hall–Kier alpha value is -3.69. The lowest BCUT2D eigenvalue weighted by molar-refractivity contribution is -0.116. The summed E-state index contributed by atoms with van der Waals surface area (Å²) in [5.41, 5.74) is 0.206. The average molecular weight is 370 g/mol. The number of rotatable bonds is 4. The van der Waals surface area contributed by atoms with Crippen molar-refractivity contribution in [2.45, 2.75) is 6.54 Å². The van der Waals surface area contributed by atoms with E-state index in [-0.39, 0.29) is 23.6 Å². The van der Waals surface area contributed by atoms with E-state index in [1.54, 1.807) is 24.3 Å². The van der Waals surface area contributed by atoms with E-state index >= 15 is 0 Å². The van der Waals surface area contributed by atoms with Crippen molar-refractivity contribution < 1.29 is 9.59 Å². The van der Waals surface area contributed by atoms with Crippen molar-refractivity contribution in [3.8, 4) is 0 Å². The van der Waals surface area contributed by atoms with Crippen LogP contribution in [0.25, 0.3) is 11.2 Å². The van der Waals surface area contributed by atoms with E-state index in [9.17, 15) is 19.2 Å². The highest BCUT2D eigenvalue weighted by atomic mass is 16.2. The van der Waals surface area contributed by atoms with Crippen molar-refractivity contribution in [2.75, 3.05) is 12.4 Å². The van der Waals surface area contributed by atoms with Crippen LogP contribution in [0.15, 0.2) is 40.2 Å². The second-order valence-corrected chi connectivity index (χ2v) is 5.96. The molecule has 0 aliphatic heterocycles. The van der Waals surface area contributed by atoms with Gasteiger partial charge in [0.15, 0.2) is 11.2 Å². The number of hydrogen-bond donors (Lipinski definition) is 2. The number of benzene rings is 1. The van der Waals surface area contributed by atoms with E-state index in [0.717, 1.165) is 4.57 Å². The molecule has 3 aromatic rings. The molecule has 3 rings (SSSR count). The van der Waals surface area contributed by atoms with E-state index in [0.29, 0.717) is 11.3 Å². The number of aromatic nitrogens is 4. The fraction of sp³-hybridized carbons (Fsp3) is 0.235. The number of nitrogens with zero attached hydrogens (tertiary/aromatic N) is 4. The maximum absolute atomic E-state index is 12.4. The van der Waals surface area contributed by atoms with Gasteiger partial charge in [-0.2, -0.15) is 0 Å². The Morgan fingerprint density at radius 1 is 1.15 bits per heavy atom. The summed E-state index contributed by atoms with van der Waals surface area (Å²) in [4.78, 5) is 52.5. The lowest BCUT2D eigenvalue weighted by Gasteiger charge is -2.09. The highest BCUT2D eigenvalue weighted by Gasteiger charge is 2.16. The van der Waals surface area contributed by atoms with Crippen LogP contribution in [0.5, 0.6) is 0 Å². The molecule has 2 aromatic heterocycles. The number of amides is 2. The molecule has 0 unspecified atom stereocenters. The van der Waals surface area contributed by atoms with Gasteiger partial charge in [-0.25, -0.2) is 9.78 Å². The normalized spacial score (nSPS) is 10.8. The number of fused-ring (bicyclic) bond motifs is 1. The SMILES string of the molecule is CNC(=O)c1cccc(NC(=O)Cn2cnc3c2c(=O)n(C)c(=O)n3C)c1. The van der Waals surface area contributed by atoms with Gasteiger partial charge in [0.05, 0.1) is 6.33 Å². The molecule has 0 saturated heterocycles. The van der Waals surface area contributed by atoms with Crippen molar-refractivity contribution in [1.29, 1.82) is 0 Å². The van der Waals surface area contributed by atoms with E-state index in [4.69, 9.17) is 0 Å². The van der Waals surface area contributed by atoms with Crippen molar-refractivity contribution in [3.05, 3.63) is 57.0 Å². The first-order valence-corrected chi connectivity index (χ1v) is 8.06. The highest BCUT2D eigenvalue weighted by Crippen LogP contribution is 2.11. The van der Waals surface area contributed by atoms with Crippen LogP contribution in [-0.4, -0.2) is 37.5 Å². The highest BCUT2D eigenvalue weighted by molar-refractivity contribution is 5.97. The van der Waals surface area contributed by atoms with Gasteiger partial charge >= 0.3 is 5.69 Å². The zero-order valence-corrected chi connectivity index (χ0v) is 15.0.